The first-order valence-electron chi connectivity index (χ1n) is 7.12. The standard InChI is InChI=1S/C14H25N3O4/c1-6-19-12(20-7-2)9-15-13(18)16-11-8-10(21-17-11)14(3,4)5/h8,12H,6-7,9H2,1-5H3,(H2,15,16,17,18). The highest BCUT2D eigenvalue weighted by Gasteiger charge is 2.20. The molecule has 7 heteroatoms. The van der Waals surface area contributed by atoms with Gasteiger partial charge in [-0.15, -0.1) is 0 Å². The molecule has 1 rings (SSSR count). The van der Waals surface area contributed by atoms with E-state index in [1.165, 1.54) is 0 Å². The molecule has 0 fully saturated rings. The zero-order chi connectivity index (χ0) is 15.9. The molecular formula is C14H25N3O4. The highest BCUT2D eigenvalue weighted by molar-refractivity contribution is 5.88. The molecule has 0 unspecified atom stereocenters. The molecule has 0 aromatic carbocycles. The normalized spacial score (nSPS) is 11.7. The molecule has 0 aliphatic rings. The van der Waals surface area contributed by atoms with Gasteiger partial charge < -0.3 is 19.3 Å². The van der Waals surface area contributed by atoms with Gasteiger partial charge in [0.2, 0.25) is 0 Å². The zero-order valence-electron chi connectivity index (χ0n) is 13.4. The second-order valence-corrected chi connectivity index (χ2v) is 5.50. The Bertz CT molecular complexity index is 434. The number of anilines is 1. The van der Waals surface area contributed by atoms with Crippen molar-refractivity contribution in [3.63, 3.8) is 0 Å². The van der Waals surface area contributed by atoms with Crippen LogP contribution in [0.1, 0.15) is 40.4 Å². The summed E-state index contributed by atoms with van der Waals surface area (Å²) < 4.78 is 15.9. The van der Waals surface area contributed by atoms with Gasteiger partial charge >= 0.3 is 6.03 Å². The molecule has 0 aliphatic heterocycles. The van der Waals surface area contributed by atoms with Crippen molar-refractivity contribution in [2.24, 2.45) is 0 Å². The van der Waals surface area contributed by atoms with Gasteiger partial charge in [-0.25, -0.2) is 4.79 Å². The first-order valence-corrected chi connectivity index (χ1v) is 7.12. The highest BCUT2D eigenvalue weighted by atomic mass is 16.7. The van der Waals surface area contributed by atoms with Crippen LogP contribution < -0.4 is 10.6 Å². The number of rotatable bonds is 7. The third-order valence-electron chi connectivity index (χ3n) is 2.63. The van der Waals surface area contributed by atoms with Gasteiger partial charge in [0.1, 0.15) is 5.76 Å². The zero-order valence-corrected chi connectivity index (χ0v) is 13.4. The first-order chi connectivity index (χ1) is 9.86. The molecule has 1 heterocycles. The minimum Gasteiger partial charge on any atom is -0.359 e. The molecule has 7 nitrogen and oxygen atoms in total. The van der Waals surface area contributed by atoms with E-state index in [9.17, 15) is 4.79 Å². The Morgan fingerprint density at radius 2 is 1.95 bits per heavy atom. The van der Waals surface area contributed by atoms with Crippen molar-refractivity contribution in [2.75, 3.05) is 25.1 Å². The van der Waals surface area contributed by atoms with Crippen LogP contribution in [0, 0.1) is 0 Å². The summed E-state index contributed by atoms with van der Waals surface area (Å²) in [4.78, 5) is 11.8. The second-order valence-electron chi connectivity index (χ2n) is 5.50. The Morgan fingerprint density at radius 3 is 2.43 bits per heavy atom. The molecule has 120 valence electrons. The fourth-order valence-corrected chi connectivity index (χ4v) is 1.56. The van der Waals surface area contributed by atoms with Gasteiger partial charge in [-0.05, 0) is 13.8 Å². The maximum absolute atomic E-state index is 11.8. The Morgan fingerprint density at radius 1 is 1.33 bits per heavy atom. The summed E-state index contributed by atoms with van der Waals surface area (Å²) in [6, 6.07) is 1.33. The van der Waals surface area contributed by atoms with Gasteiger partial charge in [0.25, 0.3) is 0 Å². The summed E-state index contributed by atoms with van der Waals surface area (Å²) in [5.74, 6) is 1.08. The van der Waals surface area contributed by atoms with E-state index in [0.29, 0.717) is 24.8 Å². The molecule has 0 aliphatic carbocycles. The van der Waals surface area contributed by atoms with E-state index in [1.54, 1.807) is 6.07 Å². The van der Waals surface area contributed by atoms with Gasteiger partial charge in [-0.2, -0.15) is 0 Å². The summed E-state index contributed by atoms with van der Waals surface area (Å²) in [6.45, 7) is 11.1. The van der Waals surface area contributed by atoms with Gasteiger partial charge in [-0.1, -0.05) is 25.9 Å². The molecule has 21 heavy (non-hydrogen) atoms. The number of hydrogen-bond donors (Lipinski definition) is 2. The van der Waals surface area contributed by atoms with Crippen molar-refractivity contribution in [3.8, 4) is 0 Å². The lowest BCUT2D eigenvalue weighted by Crippen LogP contribution is -2.37. The number of carbonyl (C=O) groups excluding carboxylic acids is 1. The maximum Gasteiger partial charge on any atom is 0.320 e. The van der Waals surface area contributed by atoms with Crippen LogP contribution in [0.5, 0.6) is 0 Å². The fourth-order valence-electron chi connectivity index (χ4n) is 1.56. The van der Waals surface area contributed by atoms with E-state index >= 15 is 0 Å². The molecule has 0 saturated carbocycles. The predicted molar refractivity (Wildman–Crippen MR) is 79.3 cm³/mol. The van der Waals surface area contributed by atoms with Gasteiger partial charge in [0, 0.05) is 24.7 Å². The third-order valence-corrected chi connectivity index (χ3v) is 2.63. The Hall–Kier alpha value is -1.60. The first kappa shape index (κ1) is 17.5. The second kappa shape index (κ2) is 7.99. The lowest BCUT2D eigenvalue weighted by atomic mass is 9.93. The molecule has 0 radical (unpaired) electrons. The van der Waals surface area contributed by atoms with E-state index in [2.05, 4.69) is 15.8 Å². The van der Waals surface area contributed by atoms with Crippen molar-refractivity contribution in [2.45, 2.75) is 46.3 Å². The molecule has 0 spiro atoms. The van der Waals surface area contributed by atoms with Crippen LogP contribution in [0.3, 0.4) is 0 Å². The van der Waals surface area contributed by atoms with E-state index < -0.39 is 6.29 Å². The number of urea groups is 1. The van der Waals surface area contributed by atoms with Crippen LogP contribution in [0.25, 0.3) is 0 Å². The molecular weight excluding hydrogens is 274 g/mol. The minimum atomic E-state index is -0.451. The summed E-state index contributed by atoms with van der Waals surface area (Å²) in [7, 11) is 0. The Balaban J connectivity index is 2.44. The van der Waals surface area contributed by atoms with Gasteiger partial charge in [0.15, 0.2) is 12.1 Å². The van der Waals surface area contributed by atoms with Crippen molar-refractivity contribution in [1.29, 1.82) is 0 Å². The number of carbonyl (C=O) groups is 1. The lowest BCUT2D eigenvalue weighted by Gasteiger charge is -2.17. The average molecular weight is 299 g/mol. The minimum absolute atomic E-state index is 0.154. The smallest absolute Gasteiger partial charge is 0.320 e. The topological polar surface area (TPSA) is 85.6 Å². The van der Waals surface area contributed by atoms with E-state index in [0.717, 1.165) is 0 Å². The molecule has 1 aromatic heterocycles. The van der Waals surface area contributed by atoms with Crippen molar-refractivity contribution in [1.82, 2.24) is 10.5 Å². The van der Waals surface area contributed by atoms with Gasteiger partial charge in [0.05, 0.1) is 6.54 Å². The van der Waals surface area contributed by atoms with Crippen LogP contribution in [0.15, 0.2) is 10.6 Å². The van der Waals surface area contributed by atoms with Crippen LogP contribution in [0.4, 0.5) is 10.6 Å². The summed E-state index contributed by atoms with van der Waals surface area (Å²) >= 11 is 0. The number of aromatic nitrogens is 1. The number of nitrogens with zero attached hydrogens (tertiary/aromatic N) is 1. The predicted octanol–water partition coefficient (Wildman–Crippen LogP) is 2.49. The fraction of sp³-hybridized carbons (Fsp3) is 0.714. The number of hydrogen-bond acceptors (Lipinski definition) is 5. The molecule has 0 atom stereocenters. The molecule has 0 saturated heterocycles. The molecule has 0 bridgehead atoms. The number of amides is 2. The highest BCUT2D eigenvalue weighted by Crippen LogP contribution is 2.24. The molecule has 2 N–H and O–H groups in total. The maximum atomic E-state index is 11.8. The Kier molecular flexibility index (Phi) is 6.64. The Labute approximate surface area is 125 Å². The van der Waals surface area contributed by atoms with Crippen LogP contribution in [0.2, 0.25) is 0 Å². The monoisotopic (exact) mass is 299 g/mol. The summed E-state index contributed by atoms with van der Waals surface area (Å²) in [5, 5.41) is 9.09. The van der Waals surface area contributed by atoms with Crippen molar-refractivity contribution < 1.29 is 18.8 Å². The van der Waals surface area contributed by atoms with Crippen LogP contribution >= 0.6 is 0 Å². The van der Waals surface area contributed by atoms with E-state index in [4.69, 9.17) is 14.0 Å². The summed E-state index contributed by atoms with van der Waals surface area (Å²) in [6.07, 6.45) is -0.451. The SMILES string of the molecule is CCOC(CNC(=O)Nc1cc(C(C)(C)C)on1)OCC. The van der Waals surface area contributed by atoms with E-state index in [-0.39, 0.29) is 18.0 Å². The average Bonchev–Trinajstić information content (AvgIpc) is 2.85. The summed E-state index contributed by atoms with van der Waals surface area (Å²) in [5.41, 5.74) is -0.154. The van der Waals surface area contributed by atoms with E-state index in [1.807, 2.05) is 34.6 Å². The third kappa shape index (κ3) is 6.14. The molecule has 1 aromatic rings. The largest absolute Gasteiger partial charge is 0.359 e. The number of nitrogens with one attached hydrogen (secondary N) is 2. The lowest BCUT2D eigenvalue weighted by molar-refractivity contribution is -0.131. The molecule has 2 amide bonds. The van der Waals surface area contributed by atoms with Gasteiger partial charge in [-0.3, -0.25) is 5.32 Å². The van der Waals surface area contributed by atoms with Crippen molar-refractivity contribution in [3.05, 3.63) is 11.8 Å². The van der Waals surface area contributed by atoms with Crippen LogP contribution in [-0.4, -0.2) is 37.2 Å². The number of ether oxygens (including phenoxy) is 2. The van der Waals surface area contributed by atoms with Crippen molar-refractivity contribution >= 4 is 11.8 Å². The van der Waals surface area contributed by atoms with Crippen LogP contribution in [-0.2, 0) is 14.9 Å². The quantitative estimate of drug-likeness (QED) is 0.755.